The van der Waals surface area contributed by atoms with Crippen LogP contribution in [0.2, 0.25) is 0 Å². The molecule has 142 valence electrons. The standard InChI is InChI=1S/C20H22N2O5/c1-12-17(20(25)26)9-15(27-12)11-21-19(24)10-18-16-6-4-3-5-14(16)7-8-22(18)13(2)23/h3-6,9,18H,7-8,10-11H2,1-2H3,(H,21,24)(H,25,26)/t18-/m0/s1. The topological polar surface area (TPSA) is 99.9 Å². The Bertz CT molecular complexity index is 886. The largest absolute Gasteiger partial charge is 0.478 e. The number of furan rings is 1. The summed E-state index contributed by atoms with van der Waals surface area (Å²) < 4.78 is 5.37. The maximum Gasteiger partial charge on any atom is 0.339 e. The van der Waals surface area contributed by atoms with E-state index in [1.165, 1.54) is 13.0 Å². The van der Waals surface area contributed by atoms with Crippen molar-refractivity contribution in [3.8, 4) is 0 Å². The van der Waals surface area contributed by atoms with E-state index in [0.717, 1.165) is 17.5 Å². The van der Waals surface area contributed by atoms with Crippen molar-refractivity contribution in [3.05, 3.63) is 58.5 Å². The number of hydrogen-bond donors (Lipinski definition) is 2. The van der Waals surface area contributed by atoms with E-state index in [2.05, 4.69) is 5.32 Å². The van der Waals surface area contributed by atoms with Crippen molar-refractivity contribution in [2.75, 3.05) is 6.54 Å². The average molecular weight is 370 g/mol. The number of amides is 2. The number of benzene rings is 1. The van der Waals surface area contributed by atoms with Gasteiger partial charge >= 0.3 is 5.97 Å². The highest BCUT2D eigenvalue weighted by Crippen LogP contribution is 2.32. The van der Waals surface area contributed by atoms with Gasteiger partial charge in [0, 0.05) is 13.5 Å². The molecule has 0 bridgehead atoms. The van der Waals surface area contributed by atoms with E-state index >= 15 is 0 Å². The minimum Gasteiger partial charge on any atom is -0.478 e. The van der Waals surface area contributed by atoms with Gasteiger partial charge in [-0.3, -0.25) is 9.59 Å². The monoisotopic (exact) mass is 370 g/mol. The summed E-state index contributed by atoms with van der Waals surface area (Å²) in [6, 6.07) is 8.95. The van der Waals surface area contributed by atoms with E-state index in [-0.39, 0.29) is 36.4 Å². The Morgan fingerprint density at radius 3 is 2.70 bits per heavy atom. The molecule has 0 aliphatic carbocycles. The molecule has 0 saturated heterocycles. The molecule has 1 aromatic heterocycles. The Kier molecular flexibility index (Phi) is 5.30. The normalized spacial score (nSPS) is 15.9. The molecule has 1 aliphatic rings. The molecule has 3 rings (SSSR count). The second kappa shape index (κ2) is 7.65. The van der Waals surface area contributed by atoms with Gasteiger partial charge in [0.05, 0.1) is 19.0 Å². The molecule has 2 aromatic rings. The third-order valence-corrected chi connectivity index (χ3v) is 4.85. The fraction of sp³-hybridized carbons (Fsp3) is 0.350. The number of aryl methyl sites for hydroxylation is 1. The molecule has 1 aliphatic heterocycles. The lowest BCUT2D eigenvalue weighted by Crippen LogP contribution is -2.41. The summed E-state index contributed by atoms with van der Waals surface area (Å²) in [5.41, 5.74) is 2.24. The first-order valence-electron chi connectivity index (χ1n) is 8.81. The van der Waals surface area contributed by atoms with Crippen molar-refractivity contribution in [1.29, 1.82) is 0 Å². The van der Waals surface area contributed by atoms with Crippen LogP contribution in [-0.2, 0) is 22.6 Å². The average Bonchev–Trinajstić information content (AvgIpc) is 3.01. The number of carboxylic acid groups (broad SMARTS) is 1. The van der Waals surface area contributed by atoms with E-state index in [1.807, 2.05) is 24.3 Å². The number of carbonyl (C=O) groups excluding carboxylic acids is 2. The van der Waals surface area contributed by atoms with Crippen molar-refractivity contribution < 1.29 is 23.9 Å². The molecule has 0 unspecified atom stereocenters. The molecule has 27 heavy (non-hydrogen) atoms. The first kappa shape index (κ1) is 18.7. The van der Waals surface area contributed by atoms with Crippen LogP contribution < -0.4 is 5.32 Å². The molecule has 0 fully saturated rings. The number of carboxylic acids is 1. The zero-order valence-electron chi connectivity index (χ0n) is 15.3. The number of hydrogen-bond acceptors (Lipinski definition) is 4. The van der Waals surface area contributed by atoms with Crippen molar-refractivity contribution in [2.24, 2.45) is 0 Å². The summed E-state index contributed by atoms with van der Waals surface area (Å²) in [6.07, 6.45) is 0.916. The maximum atomic E-state index is 12.5. The molecule has 1 atom stereocenters. The summed E-state index contributed by atoms with van der Waals surface area (Å²) in [5.74, 6) is -0.671. The van der Waals surface area contributed by atoms with Crippen molar-refractivity contribution in [3.63, 3.8) is 0 Å². The fourth-order valence-corrected chi connectivity index (χ4v) is 3.53. The highest BCUT2D eigenvalue weighted by Gasteiger charge is 2.30. The number of nitrogens with one attached hydrogen (secondary N) is 1. The Hall–Kier alpha value is -3.09. The highest BCUT2D eigenvalue weighted by atomic mass is 16.4. The quantitative estimate of drug-likeness (QED) is 0.842. The number of rotatable bonds is 5. The summed E-state index contributed by atoms with van der Waals surface area (Å²) in [7, 11) is 0. The molecule has 0 saturated carbocycles. The lowest BCUT2D eigenvalue weighted by atomic mass is 9.90. The Morgan fingerprint density at radius 2 is 2.04 bits per heavy atom. The SMILES string of the molecule is CC(=O)N1CCc2ccccc2[C@@H]1CC(=O)NCc1cc(C(=O)O)c(C)o1. The highest BCUT2D eigenvalue weighted by molar-refractivity contribution is 5.88. The summed E-state index contributed by atoms with van der Waals surface area (Å²) in [5, 5.41) is 11.8. The minimum atomic E-state index is -1.07. The van der Waals surface area contributed by atoms with Gasteiger partial charge in [-0.25, -0.2) is 4.79 Å². The zero-order valence-corrected chi connectivity index (χ0v) is 15.3. The number of nitrogens with zero attached hydrogens (tertiary/aromatic N) is 1. The van der Waals surface area contributed by atoms with Crippen molar-refractivity contribution >= 4 is 17.8 Å². The van der Waals surface area contributed by atoms with Crippen molar-refractivity contribution in [1.82, 2.24) is 10.2 Å². The Morgan fingerprint density at radius 1 is 1.30 bits per heavy atom. The first-order valence-corrected chi connectivity index (χ1v) is 8.81. The summed E-state index contributed by atoms with van der Waals surface area (Å²) in [6.45, 7) is 3.77. The smallest absolute Gasteiger partial charge is 0.339 e. The number of aromatic carboxylic acids is 1. The van der Waals surface area contributed by atoms with Gasteiger partial charge in [-0.1, -0.05) is 24.3 Å². The fourth-order valence-electron chi connectivity index (χ4n) is 3.53. The van der Waals surface area contributed by atoms with Crippen LogP contribution in [0.3, 0.4) is 0 Å². The predicted molar refractivity (Wildman–Crippen MR) is 97.1 cm³/mol. The van der Waals surface area contributed by atoms with Crippen LogP contribution in [0.15, 0.2) is 34.7 Å². The molecule has 7 nitrogen and oxygen atoms in total. The second-order valence-corrected chi connectivity index (χ2v) is 6.65. The minimum absolute atomic E-state index is 0.0601. The maximum absolute atomic E-state index is 12.5. The van der Waals surface area contributed by atoms with Crippen LogP contribution in [-0.4, -0.2) is 34.3 Å². The number of fused-ring (bicyclic) bond motifs is 1. The van der Waals surface area contributed by atoms with Gasteiger partial charge in [-0.05, 0) is 30.5 Å². The molecule has 2 heterocycles. The first-order chi connectivity index (χ1) is 12.9. The molecular weight excluding hydrogens is 348 g/mol. The van der Waals surface area contributed by atoms with Crippen molar-refractivity contribution in [2.45, 2.75) is 39.3 Å². The molecule has 1 aromatic carbocycles. The molecule has 0 spiro atoms. The zero-order chi connectivity index (χ0) is 19.6. The molecular formula is C20H22N2O5. The van der Waals surface area contributed by atoms with E-state index in [9.17, 15) is 14.4 Å². The van der Waals surface area contributed by atoms with E-state index in [1.54, 1.807) is 11.8 Å². The third kappa shape index (κ3) is 4.02. The summed E-state index contributed by atoms with van der Waals surface area (Å²) >= 11 is 0. The predicted octanol–water partition coefficient (Wildman–Crippen LogP) is 2.44. The lowest BCUT2D eigenvalue weighted by molar-refractivity contribution is -0.133. The van der Waals surface area contributed by atoms with Crippen LogP contribution in [0, 0.1) is 6.92 Å². The van der Waals surface area contributed by atoms with Crippen LogP contribution >= 0.6 is 0 Å². The van der Waals surface area contributed by atoms with Crippen LogP contribution in [0.4, 0.5) is 0 Å². The van der Waals surface area contributed by atoms with Gasteiger partial charge in [-0.15, -0.1) is 0 Å². The second-order valence-electron chi connectivity index (χ2n) is 6.65. The van der Waals surface area contributed by atoms with Crippen LogP contribution in [0.1, 0.15) is 52.4 Å². The van der Waals surface area contributed by atoms with Crippen LogP contribution in [0.25, 0.3) is 0 Å². The molecule has 2 amide bonds. The van der Waals surface area contributed by atoms with Gasteiger partial charge < -0.3 is 19.7 Å². The molecule has 2 N–H and O–H groups in total. The van der Waals surface area contributed by atoms with Gasteiger partial charge in [0.15, 0.2) is 0 Å². The Balaban J connectivity index is 1.69. The van der Waals surface area contributed by atoms with Crippen LogP contribution in [0.5, 0.6) is 0 Å². The third-order valence-electron chi connectivity index (χ3n) is 4.85. The summed E-state index contributed by atoms with van der Waals surface area (Å²) in [4.78, 5) is 37.3. The van der Waals surface area contributed by atoms with E-state index in [0.29, 0.717) is 18.1 Å². The Labute approximate surface area is 157 Å². The van der Waals surface area contributed by atoms with Gasteiger partial charge in [0.1, 0.15) is 17.1 Å². The molecule has 0 radical (unpaired) electrons. The number of carbonyl (C=O) groups is 3. The van der Waals surface area contributed by atoms with Gasteiger partial charge in [-0.2, -0.15) is 0 Å². The van der Waals surface area contributed by atoms with Gasteiger partial charge in [0.2, 0.25) is 11.8 Å². The van der Waals surface area contributed by atoms with E-state index in [4.69, 9.17) is 9.52 Å². The molecule has 7 heteroatoms. The van der Waals surface area contributed by atoms with Gasteiger partial charge in [0.25, 0.3) is 0 Å². The van der Waals surface area contributed by atoms with E-state index < -0.39 is 5.97 Å². The lowest BCUT2D eigenvalue weighted by Gasteiger charge is -2.36.